The molecule has 10 rings (SSSR count). The number of anilines is 1. The van der Waals surface area contributed by atoms with Gasteiger partial charge in [0.05, 0.1) is 57.8 Å². The Balaban J connectivity index is 0.000000180. The highest BCUT2D eigenvalue weighted by molar-refractivity contribution is 8.15. The van der Waals surface area contributed by atoms with Crippen LogP contribution < -0.4 is 17.2 Å². The molecule has 4 aliphatic rings. The number of aliphatic hydroxyl groups excluding tert-OH is 3. The number of thioether (sulfide) groups is 2. The number of nitrogen functional groups attached to an aromatic ring is 1. The minimum Gasteiger partial charge on any atom is -0.399 e. The summed E-state index contributed by atoms with van der Waals surface area (Å²) in [6.07, 6.45) is 7.33. The van der Waals surface area contributed by atoms with Crippen LogP contribution in [0.2, 0.25) is 5.15 Å². The van der Waals surface area contributed by atoms with Gasteiger partial charge in [-0.05, 0) is 87.9 Å². The molecule has 6 heterocycles. The maximum atomic E-state index is 15.0. The van der Waals surface area contributed by atoms with Gasteiger partial charge in [-0.2, -0.15) is 0 Å². The molecule has 0 amide bonds. The summed E-state index contributed by atoms with van der Waals surface area (Å²) >= 11 is 8.37. The first-order valence-corrected chi connectivity index (χ1v) is 23.1. The largest absolute Gasteiger partial charge is 0.399 e. The van der Waals surface area contributed by atoms with Crippen LogP contribution in [-0.2, 0) is 17.5 Å². The molecule has 0 unspecified atom stereocenters. The summed E-state index contributed by atoms with van der Waals surface area (Å²) < 4.78 is 56.5. The number of benzene rings is 2. The molecule has 22 heteroatoms. The molecule has 4 aromatic heterocycles. The van der Waals surface area contributed by atoms with Crippen LogP contribution in [0.1, 0.15) is 70.3 Å². The molecule has 15 nitrogen and oxygen atoms in total. The van der Waals surface area contributed by atoms with Crippen molar-refractivity contribution in [3.05, 3.63) is 141 Å². The number of rotatable bonds is 6. The van der Waals surface area contributed by atoms with Crippen LogP contribution >= 0.6 is 35.1 Å². The van der Waals surface area contributed by atoms with E-state index in [-0.39, 0.29) is 78.0 Å². The van der Waals surface area contributed by atoms with Crippen LogP contribution in [0, 0.1) is 48.2 Å². The normalized spacial score (nSPS) is 24.5. The number of aliphatic imine (C=N–C) groups is 2. The number of hydrogen-bond donors (Lipinski definition) is 6. The quantitative estimate of drug-likeness (QED) is 0.0396. The fourth-order valence-electron chi connectivity index (χ4n) is 8.75. The van der Waals surface area contributed by atoms with E-state index in [0.29, 0.717) is 51.5 Å². The van der Waals surface area contributed by atoms with Gasteiger partial charge in [0.1, 0.15) is 5.52 Å². The van der Waals surface area contributed by atoms with Crippen molar-refractivity contribution < 1.29 is 32.9 Å². The van der Waals surface area contributed by atoms with Crippen molar-refractivity contribution in [3.8, 4) is 0 Å². The highest BCUT2D eigenvalue weighted by Gasteiger charge is 2.67. The number of aliphatic hydroxyl groups is 3. The minimum atomic E-state index is -1.08. The number of amidine groups is 2. The zero-order valence-electron chi connectivity index (χ0n) is 37.4. The van der Waals surface area contributed by atoms with Gasteiger partial charge in [0, 0.05) is 65.8 Å². The van der Waals surface area contributed by atoms with E-state index < -0.39 is 43.8 Å². The molecule has 9 N–H and O–H groups in total. The number of hydrogen-bond acceptors (Lipinski definition) is 15. The number of pyridine rings is 3. The molecule has 2 fully saturated rings. The number of aromatic nitrogens is 5. The van der Waals surface area contributed by atoms with Crippen molar-refractivity contribution in [2.24, 2.45) is 33.3 Å². The Kier molecular flexibility index (Phi) is 15.7. The lowest BCUT2D eigenvalue weighted by atomic mass is 9.84. The first-order chi connectivity index (χ1) is 32.7. The summed E-state index contributed by atoms with van der Waals surface area (Å²) in [6.45, 7) is 20.6. The maximum Gasteiger partial charge on any atom is 0.288 e. The molecule has 366 valence electrons. The number of halogens is 5. The topological polar surface area (TPSA) is 237 Å². The lowest BCUT2D eigenvalue weighted by Crippen LogP contribution is -2.37. The van der Waals surface area contributed by atoms with Crippen molar-refractivity contribution in [2.45, 2.75) is 81.1 Å². The van der Waals surface area contributed by atoms with Gasteiger partial charge in [-0.15, -0.1) is 4.98 Å². The van der Waals surface area contributed by atoms with Gasteiger partial charge < -0.3 is 37.4 Å². The smallest absolute Gasteiger partial charge is 0.288 e. The molecule has 0 radical (unpaired) electrons. The van der Waals surface area contributed by atoms with Crippen LogP contribution in [0.25, 0.3) is 31.6 Å². The maximum absolute atomic E-state index is 15.0. The monoisotopic (exact) mass is 1020 g/mol. The molecule has 70 heavy (non-hydrogen) atoms. The van der Waals surface area contributed by atoms with Gasteiger partial charge in [0.2, 0.25) is 5.69 Å². The predicted octanol–water partition coefficient (Wildman–Crippen LogP) is 8.90. The summed E-state index contributed by atoms with van der Waals surface area (Å²) in [7, 11) is 0. The predicted molar refractivity (Wildman–Crippen MR) is 267 cm³/mol. The lowest BCUT2D eigenvalue weighted by Gasteiger charge is -2.34. The van der Waals surface area contributed by atoms with Gasteiger partial charge in [-0.25, -0.2) is 27.4 Å². The Morgan fingerprint density at radius 1 is 0.771 bits per heavy atom. The van der Waals surface area contributed by atoms with Crippen LogP contribution in [0.4, 0.5) is 34.8 Å². The molecule has 6 aromatic rings. The van der Waals surface area contributed by atoms with Crippen molar-refractivity contribution in [1.82, 2.24) is 24.9 Å². The van der Waals surface area contributed by atoms with E-state index in [4.69, 9.17) is 47.1 Å². The molecular formula is C48H49ClF4N12O3S2. The molecule has 6 atom stereocenters. The van der Waals surface area contributed by atoms with Gasteiger partial charge in [-0.1, -0.05) is 49.1 Å². The second-order valence-electron chi connectivity index (χ2n) is 17.4. The zero-order valence-corrected chi connectivity index (χ0v) is 39.8. The van der Waals surface area contributed by atoms with Crippen molar-refractivity contribution in [3.63, 3.8) is 0 Å². The third-order valence-electron chi connectivity index (χ3n) is 12.1. The fraction of sp³-hybridized carbons (Fsp3) is 0.354. The van der Waals surface area contributed by atoms with Crippen molar-refractivity contribution in [2.75, 3.05) is 18.9 Å². The molecule has 2 saturated carbocycles. The van der Waals surface area contributed by atoms with Gasteiger partial charge in [-0.3, -0.25) is 24.9 Å². The lowest BCUT2D eigenvalue weighted by molar-refractivity contribution is 0.216. The Morgan fingerprint density at radius 2 is 1.31 bits per heavy atom. The molecule has 0 saturated heterocycles. The van der Waals surface area contributed by atoms with Crippen LogP contribution in [0.5, 0.6) is 0 Å². The van der Waals surface area contributed by atoms with Crippen LogP contribution in [0.3, 0.4) is 0 Å². The van der Waals surface area contributed by atoms with Gasteiger partial charge in [0.25, 0.3) is 5.82 Å². The van der Waals surface area contributed by atoms with E-state index in [1.54, 1.807) is 58.2 Å². The van der Waals surface area contributed by atoms with E-state index in [2.05, 4.69) is 44.6 Å². The number of nitrogens with zero attached hydrogens (tertiary/aromatic N) is 9. The summed E-state index contributed by atoms with van der Waals surface area (Å²) in [5.41, 5.74) is 19.0. The summed E-state index contributed by atoms with van der Waals surface area (Å²) in [4.78, 5) is 36.0. The van der Waals surface area contributed by atoms with Crippen molar-refractivity contribution in [1.29, 1.82) is 0 Å². The van der Waals surface area contributed by atoms with E-state index in [0.717, 1.165) is 17.5 Å². The highest BCUT2D eigenvalue weighted by Crippen LogP contribution is 2.67. The van der Waals surface area contributed by atoms with Crippen molar-refractivity contribution >= 4 is 84.6 Å². The second kappa shape index (κ2) is 20.6. The fourth-order valence-corrected chi connectivity index (χ4v) is 11.6. The Labute approximate surface area is 414 Å². The molecule has 2 aliphatic carbocycles. The van der Waals surface area contributed by atoms with E-state index in [1.165, 1.54) is 48.2 Å². The molecule has 0 spiro atoms. The SMILES string of the molecule is C.CC(C)O.C[C@]1(c2cc(N)cc(F)c2F)N=C(N)S[C@@]2(CO)C[C@H]21.[C-]#[N+]c1cnc2c(Cc3cc(F)c(F)c([C@@]4(C)N=C(N)S[C@@]5(CO)C[C@H]54)c3)nccc2c1.[C-]#[N+]c1cnc2c(Cl)nccc2n1. The summed E-state index contributed by atoms with van der Waals surface area (Å²) in [5.74, 6) is -3.85. The standard InChI is InChI=1S/C23H19F2N5OS.C13H15F2N3OS.C8H3ClN4.C3H8O.CH4/c1-22(18-9-23(18,11-31)32-21(26)30-22)15-5-12(6-16(24)19(15)25)7-17-20-13(3-4-28-17)8-14(27-2)10-29-20;1-12(7-2-6(16)3-8(14)10(7)15)9-4-13(9,5-19)20-11(17)18-12;1-10-6-4-12-7-5(13-6)2-3-11-8(7)9;1-3(2)4;/h3-6,8,10,18,31H,7,9,11H2,1H3,(H2,26,30);2-3,9,19H,4-5,16H2,1H3,(H2,17,18);2-4H;3-4H,1-2H3;1H4/t18-,22+,23+;9-,12+,13+;;;/m00.../s1. The highest BCUT2D eigenvalue weighted by atomic mass is 35.5. The first kappa shape index (κ1) is 53.2. The molecule has 2 aliphatic heterocycles. The second-order valence-corrected chi connectivity index (χ2v) is 20.6. The third-order valence-corrected chi connectivity index (χ3v) is 15.0. The van der Waals surface area contributed by atoms with Crippen LogP contribution in [-0.4, -0.2) is 79.4 Å². The Morgan fingerprint density at radius 3 is 1.87 bits per heavy atom. The first-order valence-electron chi connectivity index (χ1n) is 21.1. The summed E-state index contributed by atoms with van der Waals surface area (Å²) in [6, 6.07) is 10.3. The third kappa shape index (κ3) is 10.5. The van der Waals surface area contributed by atoms with E-state index >= 15 is 4.39 Å². The average Bonchev–Trinajstić information content (AvgIpc) is 4.24. The Hall–Kier alpha value is -6.20. The van der Waals surface area contributed by atoms with Gasteiger partial charge in [0.15, 0.2) is 44.3 Å². The minimum absolute atomic E-state index is 0. The molecule has 0 bridgehead atoms. The van der Waals surface area contributed by atoms with Gasteiger partial charge >= 0.3 is 0 Å². The van der Waals surface area contributed by atoms with Crippen LogP contribution in [0.15, 0.2) is 77.2 Å². The number of fused-ring (bicyclic) bond motifs is 4. The summed E-state index contributed by atoms with van der Waals surface area (Å²) in [5, 5.41) is 29.1. The van der Waals surface area contributed by atoms with E-state index in [1.807, 2.05) is 0 Å². The average molecular weight is 1020 g/mol. The molecular weight excluding hydrogens is 968 g/mol. The number of nitrogens with two attached hydrogens (primary N) is 3. The Bertz CT molecular complexity index is 3140. The molecule has 2 aromatic carbocycles. The van der Waals surface area contributed by atoms with E-state index in [9.17, 15) is 23.4 Å². The zero-order chi connectivity index (χ0) is 50.2.